The van der Waals surface area contributed by atoms with Gasteiger partial charge in [-0.3, -0.25) is 4.68 Å². The molecule has 0 saturated carbocycles. The van der Waals surface area contributed by atoms with E-state index in [0.29, 0.717) is 41.2 Å². The number of aromatic carboxylic acids is 1. The number of carboxylic acid groups (broad SMARTS) is 1. The molecular weight excluding hydrogens is 340 g/mol. The van der Waals surface area contributed by atoms with Crippen molar-refractivity contribution in [3.8, 4) is 0 Å². The lowest BCUT2D eigenvalue weighted by Crippen LogP contribution is -2.44. The van der Waals surface area contributed by atoms with Gasteiger partial charge in [0, 0.05) is 13.6 Å². The summed E-state index contributed by atoms with van der Waals surface area (Å²) in [7, 11) is 1.71. The summed E-state index contributed by atoms with van der Waals surface area (Å²) in [5.74, 6) is -0.343. The number of morpholine rings is 1. The van der Waals surface area contributed by atoms with E-state index in [1.807, 2.05) is 6.92 Å². The summed E-state index contributed by atoms with van der Waals surface area (Å²) >= 11 is 3.34. The number of anilines is 1. The van der Waals surface area contributed by atoms with E-state index in [1.54, 1.807) is 13.1 Å². The largest absolute Gasteiger partial charge is 0.478 e. The fraction of sp³-hybridized carbons (Fsp3) is 0.462. The Labute approximate surface area is 129 Å². The van der Waals surface area contributed by atoms with Gasteiger partial charge in [0.2, 0.25) is 0 Å². The molecule has 0 bridgehead atoms. The normalized spacial score (nSPS) is 19.2. The second kappa shape index (κ2) is 5.27. The minimum absolute atomic E-state index is 0.154. The Morgan fingerprint density at radius 1 is 1.57 bits per heavy atom. The molecule has 1 aliphatic heterocycles. The van der Waals surface area contributed by atoms with Crippen LogP contribution in [0, 0.1) is 0 Å². The van der Waals surface area contributed by atoms with Crippen LogP contribution in [0.3, 0.4) is 0 Å². The van der Waals surface area contributed by atoms with E-state index in [-0.39, 0.29) is 11.6 Å². The van der Waals surface area contributed by atoms with E-state index in [0.717, 1.165) is 0 Å². The molecule has 1 aliphatic rings. The summed E-state index contributed by atoms with van der Waals surface area (Å²) in [6.45, 7) is 3.94. The van der Waals surface area contributed by atoms with E-state index in [2.05, 4.69) is 30.9 Å². The summed E-state index contributed by atoms with van der Waals surface area (Å²) < 4.78 is 7.49. The first kappa shape index (κ1) is 14.3. The topological polar surface area (TPSA) is 80.5 Å². The minimum atomic E-state index is -0.986. The molecule has 0 aromatic carbocycles. The molecule has 0 unspecified atom stereocenters. The maximum Gasteiger partial charge on any atom is 0.338 e. The second-order valence-electron chi connectivity index (χ2n) is 5.06. The molecule has 1 atom stereocenters. The first-order valence-electron chi connectivity index (χ1n) is 6.60. The number of carboxylic acids is 1. The summed E-state index contributed by atoms with van der Waals surface area (Å²) in [6, 6.07) is 1.77. The molecule has 3 heterocycles. The molecule has 21 heavy (non-hydrogen) atoms. The van der Waals surface area contributed by atoms with Gasteiger partial charge in [0.1, 0.15) is 16.9 Å². The zero-order valence-corrected chi connectivity index (χ0v) is 13.3. The predicted molar refractivity (Wildman–Crippen MR) is 80.8 cm³/mol. The summed E-state index contributed by atoms with van der Waals surface area (Å²) in [4.78, 5) is 18.2. The van der Waals surface area contributed by atoms with E-state index in [9.17, 15) is 9.90 Å². The predicted octanol–water partition coefficient (Wildman–Crippen LogP) is 1.65. The van der Waals surface area contributed by atoms with Gasteiger partial charge in [0.05, 0.1) is 24.8 Å². The van der Waals surface area contributed by atoms with Gasteiger partial charge in [-0.05, 0) is 28.9 Å². The molecule has 0 spiro atoms. The molecule has 3 rings (SSSR count). The molecular formula is C13H15BrN4O3. The maximum atomic E-state index is 11.6. The van der Waals surface area contributed by atoms with Crippen molar-refractivity contribution in [1.29, 1.82) is 0 Å². The van der Waals surface area contributed by atoms with Gasteiger partial charge in [-0.15, -0.1) is 0 Å². The standard InChI is InChI=1S/C13H15BrN4O3/c1-7-6-21-4-3-18(7)9-5-8(13(19)20)11-10(15-9)12(14)16-17(11)2/h5,7H,3-4,6H2,1-2H3,(H,19,20)/t7-/m1/s1. The summed E-state index contributed by atoms with van der Waals surface area (Å²) in [6.07, 6.45) is 0. The van der Waals surface area contributed by atoms with Crippen LogP contribution in [-0.2, 0) is 11.8 Å². The number of pyridine rings is 1. The third kappa shape index (κ3) is 2.38. The molecule has 2 aromatic heterocycles. The first-order valence-corrected chi connectivity index (χ1v) is 7.39. The average Bonchev–Trinajstić information content (AvgIpc) is 2.73. The molecule has 0 amide bonds. The maximum absolute atomic E-state index is 11.6. The van der Waals surface area contributed by atoms with Crippen LogP contribution in [0.1, 0.15) is 17.3 Å². The van der Waals surface area contributed by atoms with Gasteiger partial charge in [-0.25, -0.2) is 9.78 Å². The van der Waals surface area contributed by atoms with Crippen molar-refractivity contribution < 1.29 is 14.6 Å². The van der Waals surface area contributed by atoms with Crippen molar-refractivity contribution in [2.24, 2.45) is 7.05 Å². The Morgan fingerprint density at radius 3 is 3.00 bits per heavy atom. The van der Waals surface area contributed by atoms with Crippen LogP contribution in [0.15, 0.2) is 10.7 Å². The monoisotopic (exact) mass is 354 g/mol. The molecule has 112 valence electrons. The van der Waals surface area contributed by atoms with Crippen molar-refractivity contribution >= 4 is 38.8 Å². The third-order valence-corrected chi connectivity index (χ3v) is 4.16. The molecule has 0 radical (unpaired) electrons. The molecule has 7 nitrogen and oxygen atoms in total. The van der Waals surface area contributed by atoms with E-state index >= 15 is 0 Å². The van der Waals surface area contributed by atoms with Crippen molar-refractivity contribution in [3.63, 3.8) is 0 Å². The fourth-order valence-electron chi connectivity index (χ4n) is 2.60. The Morgan fingerprint density at radius 2 is 2.33 bits per heavy atom. The third-order valence-electron chi connectivity index (χ3n) is 3.63. The highest BCUT2D eigenvalue weighted by molar-refractivity contribution is 9.10. The smallest absolute Gasteiger partial charge is 0.338 e. The van der Waals surface area contributed by atoms with E-state index in [1.165, 1.54) is 4.68 Å². The highest BCUT2D eigenvalue weighted by atomic mass is 79.9. The van der Waals surface area contributed by atoms with Gasteiger partial charge in [0.15, 0.2) is 4.60 Å². The number of carbonyl (C=O) groups is 1. The number of rotatable bonds is 2. The lowest BCUT2D eigenvalue weighted by molar-refractivity contribution is 0.0698. The van der Waals surface area contributed by atoms with E-state index < -0.39 is 5.97 Å². The number of hydrogen-bond acceptors (Lipinski definition) is 5. The Balaban J connectivity index is 2.20. The Bertz CT molecular complexity index is 715. The van der Waals surface area contributed by atoms with Crippen LogP contribution in [-0.4, -0.2) is 51.6 Å². The fourth-order valence-corrected chi connectivity index (χ4v) is 3.12. The quantitative estimate of drug-likeness (QED) is 0.883. The Hall–Kier alpha value is -1.67. The highest BCUT2D eigenvalue weighted by Gasteiger charge is 2.25. The van der Waals surface area contributed by atoms with Crippen LogP contribution in [0.5, 0.6) is 0 Å². The average molecular weight is 355 g/mol. The number of fused-ring (bicyclic) bond motifs is 1. The molecule has 8 heteroatoms. The summed E-state index contributed by atoms with van der Waals surface area (Å²) in [5.41, 5.74) is 1.28. The number of aryl methyl sites for hydroxylation is 1. The van der Waals surface area contributed by atoms with Gasteiger partial charge >= 0.3 is 5.97 Å². The molecule has 2 aromatic rings. The lowest BCUT2D eigenvalue weighted by Gasteiger charge is -2.34. The van der Waals surface area contributed by atoms with Crippen molar-refractivity contribution in [3.05, 3.63) is 16.2 Å². The molecule has 0 aliphatic carbocycles. The molecule has 1 fully saturated rings. The van der Waals surface area contributed by atoms with Crippen LogP contribution in [0.2, 0.25) is 0 Å². The Kier molecular flexibility index (Phi) is 3.58. The SMILES string of the molecule is C[C@@H]1COCCN1c1cc(C(=O)O)c2c(n1)c(Br)nn2C. The molecule has 1 N–H and O–H groups in total. The number of ether oxygens (including phenoxy) is 1. The second-order valence-corrected chi connectivity index (χ2v) is 5.81. The van der Waals surface area contributed by atoms with Crippen LogP contribution < -0.4 is 4.90 Å². The number of hydrogen-bond donors (Lipinski definition) is 1. The van der Waals surface area contributed by atoms with Gasteiger partial charge in [-0.2, -0.15) is 5.10 Å². The number of halogens is 1. The van der Waals surface area contributed by atoms with Crippen LogP contribution in [0.4, 0.5) is 5.82 Å². The summed E-state index contributed by atoms with van der Waals surface area (Å²) in [5, 5.41) is 13.7. The number of nitrogens with zero attached hydrogens (tertiary/aromatic N) is 4. The van der Waals surface area contributed by atoms with Gasteiger partial charge in [0.25, 0.3) is 0 Å². The number of aromatic nitrogens is 3. The zero-order chi connectivity index (χ0) is 15.1. The van der Waals surface area contributed by atoms with Crippen molar-refractivity contribution in [1.82, 2.24) is 14.8 Å². The molecule has 1 saturated heterocycles. The van der Waals surface area contributed by atoms with Gasteiger partial charge < -0.3 is 14.7 Å². The van der Waals surface area contributed by atoms with Gasteiger partial charge in [-0.1, -0.05) is 0 Å². The van der Waals surface area contributed by atoms with Crippen molar-refractivity contribution in [2.75, 3.05) is 24.7 Å². The van der Waals surface area contributed by atoms with E-state index in [4.69, 9.17) is 4.74 Å². The van der Waals surface area contributed by atoms with Crippen LogP contribution in [0.25, 0.3) is 11.0 Å². The van der Waals surface area contributed by atoms with Crippen LogP contribution >= 0.6 is 15.9 Å². The minimum Gasteiger partial charge on any atom is -0.478 e. The lowest BCUT2D eigenvalue weighted by atomic mass is 10.2. The van der Waals surface area contributed by atoms with Crippen molar-refractivity contribution in [2.45, 2.75) is 13.0 Å². The highest BCUT2D eigenvalue weighted by Crippen LogP contribution is 2.29. The zero-order valence-electron chi connectivity index (χ0n) is 11.7. The first-order chi connectivity index (χ1) is 9.99.